The molecule has 0 N–H and O–H groups in total. The summed E-state index contributed by atoms with van der Waals surface area (Å²) >= 11 is 1.86. The molecular weight excluding hydrogens is 641 g/mol. The Morgan fingerprint density at radius 1 is 0.294 bits per heavy atom. The van der Waals surface area contributed by atoms with Crippen molar-refractivity contribution in [3.8, 4) is 22.3 Å². The van der Waals surface area contributed by atoms with Crippen LogP contribution in [-0.4, -0.2) is 0 Å². The fraction of sp³-hybridized carbons (Fsp3) is 0. The van der Waals surface area contributed by atoms with E-state index in [0.717, 1.165) is 49.4 Å². The number of furan rings is 2. The molecule has 0 aliphatic rings. The lowest BCUT2D eigenvalue weighted by Crippen LogP contribution is -1.90. The number of rotatable bonds is 2. The second-order valence-electron chi connectivity index (χ2n) is 13.5. The molecule has 3 heteroatoms. The minimum atomic E-state index is 0.888. The van der Waals surface area contributed by atoms with Gasteiger partial charge in [-0.1, -0.05) is 97.1 Å². The first kappa shape index (κ1) is 27.4. The number of hydrogen-bond acceptors (Lipinski definition) is 3. The fourth-order valence-corrected chi connectivity index (χ4v) is 9.78. The van der Waals surface area contributed by atoms with Crippen LogP contribution < -0.4 is 0 Å². The van der Waals surface area contributed by atoms with Crippen molar-refractivity contribution in [1.82, 2.24) is 0 Å². The Kier molecular flexibility index (Phi) is 5.41. The van der Waals surface area contributed by atoms with E-state index in [1.165, 1.54) is 69.2 Å². The lowest BCUT2D eigenvalue weighted by atomic mass is 9.85. The zero-order valence-corrected chi connectivity index (χ0v) is 28.1. The molecule has 12 rings (SSSR count). The van der Waals surface area contributed by atoms with Crippen molar-refractivity contribution in [2.75, 3.05) is 0 Å². The average Bonchev–Trinajstić information content (AvgIpc) is 3.87. The van der Waals surface area contributed by atoms with Crippen molar-refractivity contribution < 1.29 is 8.83 Å². The van der Waals surface area contributed by atoms with Crippen LogP contribution in [0, 0.1) is 0 Å². The normalized spacial score (nSPS) is 12.3. The van der Waals surface area contributed by atoms with Gasteiger partial charge in [-0.3, -0.25) is 0 Å². The lowest BCUT2D eigenvalue weighted by Gasteiger charge is -2.18. The summed E-state index contributed by atoms with van der Waals surface area (Å²) in [5.41, 5.74) is 8.48. The highest BCUT2D eigenvalue weighted by Gasteiger charge is 2.20. The van der Waals surface area contributed by atoms with Crippen LogP contribution in [0.3, 0.4) is 0 Å². The molecule has 0 unspecified atom stereocenters. The van der Waals surface area contributed by atoms with E-state index in [9.17, 15) is 0 Å². The summed E-state index contributed by atoms with van der Waals surface area (Å²) in [6.45, 7) is 0. The number of para-hydroxylation sites is 1. The molecule has 0 saturated heterocycles. The van der Waals surface area contributed by atoms with E-state index in [0.29, 0.717) is 0 Å². The molecule has 2 nitrogen and oxygen atoms in total. The maximum atomic E-state index is 6.67. The molecule has 0 bridgehead atoms. The number of hydrogen-bond donors (Lipinski definition) is 0. The molecule has 3 aromatic heterocycles. The zero-order valence-electron chi connectivity index (χ0n) is 27.2. The van der Waals surface area contributed by atoms with Crippen LogP contribution in [0.25, 0.3) is 119 Å². The Balaban J connectivity index is 1.11. The number of benzene rings is 9. The molecule has 0 saturated carbocycles. The Morgan fingerprint density at radius 3 is 1.43 bits per heavy atom. The van der Waals surface area contributed by atoms with Gasteiger partial charge in [0.1, 0.15) is 22.3 Å². The largest absolute Gasteiger partial charge is 0.456 e. The Bertz CT molecular complexity index is 3370. The van der Waals surface area contributed by atoms with Crippen molar-refractivity contribution in [1.29, 1.82) is 0 Å². The summed E-state index contributed by atoms with van der Waals surface area (Å²) < 4.78 is 15.5. The van der Waals surface area contributed by atoms with E-state index in [-0.39, 0.29) is 0 Å². The highest BCUT2D eigenvalue weighted by atomic mass is 32.1. The molecule has 0 aliphatic carbocycles. The van der Waals surface area contributed by atoms with E-state index in [1.54, 1.807) is 0 Å². The van der Waals surface area contributed by atoms with Crippen LogP contribution in [-0.2, 0) is 0 Å². The minimum Gasteiger partial charge on any atom is -0.456 e. The van der Waals surface area contributed by atoms with Crippen LogP contribution in [0.1, 0.15) is 0 Å². The van der Waals surface area contributed by atoms with E-state index in [2.05, 4.69) is 146 Å². The molecule has 0 atom stereocenters. The van der Waals surface area contributed by atoms with Gasteiger partial charge in [0.15, 0.2) is 0 Å². The van der Waals surface area contributed by atoms with Crippen molar-refractivity contribution in [3.05, 3.63) is 158 Å². The molecule has 0 spiro atoms. The van der Waals surface area contributed by atoms with E-state index < -0.39 is 0 Å². The monoisotopic (exact) mass is 666 g/mol. The van der Waals surface area contributed by atoms with Gasteiger partial charge < -0.3 is 8.83 Å². The second-order valence-corrected chi connectivity index (χ2v) is 14.6. The average molecular weight is 667 g/mol. The van der Waals surface area contributed by atoms with Crippen LogP contribution in [0.4, 0.5) is 0 Å². The number of thiophene rings is 1. The molecule has 236 valence electrons. The molecule has 51 heavy (non-hydrogen) atoms. The number of fused-ring (bicyclic) bond motifs is 14. The van der Waals surface area contributed by atoms with Gasteiger partial charge in [-0.2, -0.15) is 0 Å². The summed E-state index contributed by atoms with van der Waals surface area (Å²) in [6.07, 6.45) is 0. The molecule has 9 aromatic carbocycles. The maximum absolute atomic E-state index is 6.67. The molecule has 0 amide bonds. The first-order chi connectivity index (χ1) is 25.3. The Morgan fingerprint density at radius 2 is 0.765 bits per heavy atom. The van der Waals surface area contributed by atoms with Crippen molar-refractivity contribution in [2.45, 2.75) is 0 Å². The standard InChI is InChI=1S/C48H26O2S/c1-3-12-32-30(10-1)45(27-18-24-44-38(25-27)29-9-6-8-16-43(29)51-44)31-11-2-4-13-33(31)46(32)28-17-19-37-42(26-28)50-41-23-21-34-35(48(37)41)20-22-40-47(34)36-14-5-7-15-39(36)49-40/h1-26H. The first-order valence-corrected chi connectivity index (χ1v) is 18.1. The van der Waals surface area contributed by atoms with Crippen molar-refractivity contribution >= 4 is 108 Å². The molecule has 12 aromatic rings. The Hall–Kier alpha value is -6.42. The second kappa shape index (κ2) is 10.1. The Labute approximate surface area is 295 Å². The zero-order chi connectivity index (χ0) is 33.2. The van der Waals surface area contributed by atoms with Gasteiger partial charge in [0.2, 0.25) is 0 Å². The van der Waals surface area contributed by atoms with Crippen molar-refractivity contribution in [3.63, 3.8) is 0 Å². The van der Waals surface area contributed by atoms with Gasteiger partial charge in [-0.15, -0.1) is 11.3 Å². The quantitative estimate of drug-likeness (QED) is 0.172. The van der Waals surface area contributed by atoms with Crippen LogP contribution in [0.15, 0.2) is 167 Å². The summed E-state index contributed by atoms with van der Waals surface area (Å²) in [6, 6.07) is 57.1. The fourth-order valence-electron chi connectivity index (χ4n) is 8.69. The highest BCUT2D eigenvalue weighted by Crippen LogP contribution is 2.47. The SMILES string of the molecule is c1ccc2c(c1)oc1ccc3c(ccc4oc5cc(-c6c7ccccc7c(-c7ccc8sc9ccccc9c8c7)c7ccccc67)ccc5c43)c12. The first-order valence-electron chi connectivity index (χ1n) is 17.3. The summed E-state index contributed by atoms with van der Waals surface area (Å²) in [4.78, 5) is 0. The lowest BCUT2D eigenvalue weighted by molar-refractivity contribution is 0.668. The van der Waals surface area contributed by atoms with Crippen LogP contribution in [0.2, 0.25) is 0 Å². The van der Waals surface area contributed by atoms with Gasteiger partial charge in [0, 0.05) is 41.7 Å². The summed E-state index contributed by atoms with van der Waals surface area (Å²) in [7, 11) is 0. The van der Waals surface area contributed by atoms with Gasteiger partial charge in [-0.05, 0) is 115 Å². The van der Waals surface area contributed by atoms with Gasteiger partial charge in [-0.25, -0.2) is 0 Å². The van der Waals surface area contributed by atoms with Crippen LogP contribution >= 0.6 is 11.3 Å². The topological polar surface area (TPSA) is 26.3 Å². The van der Waals surface area contributed by atoms with E-state index >= 15 is 0 Å². The predicted molar refractivity (Wildman–Crippen MR) is 217 cm³/mol. The van der Waals surface area contributed by atoms with Crippen LogP contribution in [0.5, 0.6) is 0 Å². The molecule has 0 radical (unpaired) electrons. The third-order valence-electron chi connectivity index (χ3n) is 10.9. The predicted octanol–water partition coefficient (Wildman–Crippen LogP) is 14.6. The summed E-state index contributed by atoms with van der Waals surface area (Å²) in [5.74, 6) is 0. The summed E-state index contributed by atoms with van der Waals surface area (Å²) in [5, 5.41) is 14.5. The smallest absolute Gasteiger partial charge is 0.136 e. The van der Waals surface area contributed by atoms with Gasteiger partial charge in [0.05, 0.1) is 0 Å². The van der Waals surface area contributed by atoms with E-state index in [4.69, 9.17) is 8.83 Å². The highest BCUT2D eigenvalue weighted by molar-refractivity contribution is 7.25. The maximum Gasteiger partial charge on any atom is 0.136 e. The van der Waals surface area contributed by atoms with E-state index in [1.807, 2.05) is 23.5 Å². The molecule has 0 fully saturated rings. The van der Waals surface area contributed by atoms with Gasteiger partial charge >= 0.3 is 0 Å². The minimum absolute atomic E-state index is 0.888. The van der Waals surface area contributed by atoms with Gasteiger partial charge in [0.25, 0.3) is 0 Å². The van der Waals surface area contributed by atoms with Crippen molar-refractivity contribution in [2.24, 2.45) is 0 Å². The third kappa shape index (κ3) is 3.76. The molecular formula is C48H26O2S. The molecule has 3 heterocycles. The third-order valence-corrected chi connectivity index (χ3v) is 12.0. The molecule has 0 aliphatic heterocycles.